The van der Waals surface area contributed by atoms with Crippen molar-refractivity contribution < 1.29 is 0 Å². The summed E-state index contributed by atoms with van der Waals surface area (Å²) in [7, 11) is 0. The minimum Gasteiger partial charge on any atom is -0.379 e. The molecule has 0 atom stereocenters. The summed E-state index contributed by atoms with van der Waals surface area (Å²) in [6.45, 7) is 0.818. The summed E-state index contributed by atoms with van der Waals surface area (Å²) in [4.78, 5) is 2.61. The van der Waals surface area contributed by atoms with Gasteiger partial charge in [-0.1, -0.05) is 36.6 Å². The number of benzene rings is 1. The Bertz CT molecular complexity index is 589. The zero-order valence-electron chi connectivity index (χ0n) is 11.6. The van der Waals surface area contributed by atoms with E-state index in [9.17, 15) is 0 Å². The van der Waals surface area contributed by atoms with Crippen molar-refractivity contribution in [2.24, 2.45) is 0 Å². The van der Waals surface area contributed by atoms with Crippen LogP contribution in [-0.2, 0) is 6.54 Å². The Balaban J connectivity index is 1.66. The molecule has 21 heavy (non-hydrogen) atoms. The van der Waals surface area contributed by atoms with E-state index >= 15 is 0 Å². The standard InChI is InChI=1S/C16H17BrClNS2/c17-13-9-12(21-16(13)18)10-19-14-7-3-4-8-15(14)20-11-5-1-2-6-11/h3-4,7-9,11,19H,1-2,5-6,10H2. The molecule has 1 N–H and O–H groups in total. The molecule has 1 aliphatic carbocycles. The van der Waals surface area contributed by atoms with Gasteiger partial charge in [0, 0.05) is 31.7 Å². The van der Waals surface area contributed by atoms with Gasteiger partial charge in [-0.15, -0.1) is 23.1 Å². The average molecular weight is 403 g/mol. The van der Waals surface area contributed by atoms with Crippen molar-refractivity contribution in [2.45, 2.75) is 42.4 Å². The molecule has 0 aliphatic heterocycles. The van der Waals surface area contributed by atoms with Crippen molar-refractivity contribution in [3.63, 3.8) is 0 Å². The Morgan fingerprint density at radius 1 is 1.29 bits per heavy atom. The predicted octanol–water partition coefficient (Wildman–Crippen LogP) is 6.81. The lowest BCUT2D eigenvalue weighted by Crippen LogP contribution is -2.01. The first-order valence-corrected chi connectivity index (χ1v) is 10.0. The van der Waals surface area contributed by atoms with Gasteiger partial charge in [0.25, 0.3) is 0 Å². The maximum atomic E-state index is 6.10. The maximum absolute atomic E-state index is 6.10. The lowest BCUT2D eigenvalue weighted by atomic mass is 10.3. The molecule has 0 radical (unpaired) electrons. The molecule has 1 nitrogen and oxygen atoms in total. The topological polar surface area (TPSA) is 12.0 Å². The summed E-state index contributed by atoms with van der Waals surface area (Å²) in [6.07, 6.45) is 5.48. The van der Waals surface area contributed by atoms with E-state index in [4.69, 9.17) is 11.6 Å². The summed E-state index contributed by atoms with van der Waals surface area (Å²) in [5.74, 6) is 0. The molecule has 1 fully saturated rings. The molecule has 0 spiro atoms. The van der Waals surface area contributed by atoms with E-state index in [0.29, 0.717) is 0 Å². The molecule has 3 rings (SSSR count). The highest BCUT2D eigenvalue weighted by molar-refractivity contribution is 9.10. The fourth-order valence-corrected chi connectivity index (χ4v) is 5.64. The Hall–Kier alpha value is -0.160. The van der Waals surface area contributed by atoms with Gasteiger partial charge >= 0.3 is 0 Å². The van der Waals surface area contributed by atoms with Crippen LogP contribution in [0.15, 0.2) is 39.7 Å². The van der Waals surface area contributed by atoms with Crippen molar-refractivity contribution >= 4 is 56.3 Å². The van der Waals surface area contributed by atoms with Crippen LogP contribution in [0.1, 0.15) is 30.6 Å². The SMILES string of the molecule is Clc1sc(CNc2ccccc2SC2CCCC2)cc1Br. The molecule has 1 aromatic heterocycles. The van der Waals surface area contributed by atoms with Crippen molar-refractivity contribution in [3.8, 4) is 0 Å². The molecule has 0 unspecified atom stereocenters. The van der Waals surface area contributed by atoms with Gasteiger partial charge in [-0.3, -0.25) is 0 Å². The summed E-state index contributed by atoms with van der Waals surface area (Å²) < 4.78 is 1.81. The van der Waals surface area contributed by atoms with E-state index < -0.39 is 0 Å². The number of anilines is 1. The first-order valence-electron chi connectivity index (χ1n) is 7.15. The number of thiophene rings is 1. The predicted molar refractivity (Wildman–Crippen MR) is 98.9 cm³/mol. The molecule has 5 heteroatoms. The van der Waals surface area contributed by atoms with Crippen LogP contribution >= 0.6 is 50.6 Å². The fraction of sp³-hybridized carbons (Fsp3) is 0.375. The van der Waals surface area contributed by atoms with Crippen LogP contribution in [0.2, 0.25) is 4.34 Å². The Morgan fingerprint density at radius 3 is 2.76 bits per heavy atom. The average Bonchev–Trinajstić information content (AvgIpc) is 3.09. The highest BCUT2D eigenvalue weighted by Crippen LogP contribution is 2.38. The Morgan fingerprint density at radius 2 is 2.05 bits per heavy atom. The van der Waals surface area contributed by atoms with E-state index in [2.05, 4.69) is 51.6 Å². The second kappa shape index (κ2) is 7.40. The summed E-state index contributed by atoms with van der Waals surface area (Å²) in [6, 6.07) is 10.7. The van der Waals surface area contributed by atoms with E-state index in [1.165, 1.54) is 41.1 Å². The maximum Gasteiger partial charge on any atom is 0.107 e. The molecule has 0 saturated heterocycles. The monoisotopic (exact) mass is 401 g/mol. The third kappa shape index (κ3) is 4.19. The highest BCUT2D eigenvalue weighted by Gasteiger charge is 2.17. The second-order valence-corrected chi connectivity index (χ2v) is 9.14. The molecule has 1 aromatic carbocycles. The molecular weight excluding hydrogens is 386 g/mol. The zero-order chi connectivity index (χ0) is 14.7. The lowest BCUT2D eigenvalue weighted by molar-refractivity contribution is 0.886. The molecule has 1 aliphatic rings. The van der Waals surface area contributed by atoms with Gasteiger partial charge in [-0.2, -0.15) is 0 Å². The zero-order valence-corrected chi connectivity index (χ0v) is 15.5. The molecule has 112 valence electrons. The second-order valence-electron chi connectivity index (χ2n) is 5.21. The van der Waals surface area contributed by atoms with Crippen LogP contribution < -0.4 is 5.32 Å². The van der Waals surface area contributed by atoms with Crippen LogP contribution in [0.3, 0.4) is 0 Å². The number of hydrogen-bond donors (Lipinski definition) is 1. The number of halogens is 2. The quantitative estimate of drug-likeness (QED) is 0.589. The molecule has 0 amide bonds. The minimum atomic E-state index is 0.790. The van der Waals surface area contributed by atoms with Gasteiger partial charge in [0.2, 0.25) is 0 Å². The third-order valence-corrected chi connectivity index (χ3v) is 7.52. The van der Waals surface area contributed by atoms with Crippen molar-refractivity contribution in [3.05, 3.63) is 44.0 Å². The lowest BCUT2D eigenvalue weighted by Gasteiger charge is -2.14. The van der Waals surface area contributed by atoms with Gasteiger partial charge in [0.15, 0.2) is 0 Å². The van der Waals surface area contributed by atoms with Crippen LogP contribution in [0.5, 0.6) is 0 Å². The summed E-state index contributed by atoms with van der Waals surface area (Å²) >= 11 is 13.2. The highest BCUT2D eigenvalue weighted by atomic mass is 79.9. The minimum absolute atomic E-state index is 0.790. The summed E-state index contributed by atoms with van der Waals surface area (Å²) in [5.41, 5.74) is 1.23. The first-order chi connectivity index (χ1) is 10.2. The van der Waals surface area contributed by atoms with Crippen molar-refractivity contribution in [1.82, 2.24) is 0 Å². The number of rotatable bonds is 5. The molecule has 2 aromatic rings. The van der Waals surface area contributed by atoms with Crippen LogP contribution in [0.4, 0.5) is 5.69 Å². The van der Waals surface area contributed by atoms with Crippen LogP contribution in [-0.4, -0.2) is 5.25 Å². The molecule has 1 heterocycles. The number of hydrogen-bond acceptors (Lipinski definition) is 3. The first kappa shape index (κ1) is 15.7. The third-order valence-electron chi connectivity index (χ3n) is 3.63. The van der Waals surface area contributed by atoms with E-state index in [1.807, 2.05) is 11.8 Å². The Labute approximate surface area is 147 Å². The number of para-hydroxylation sites is 1. The van der Waals surface area contributed by atoms with Gasteiger partial charge in [0.1, 0.15) is 4.34 Å². The van der Waals surface area contributed by atoms with Gasteiger partial charge in [0.05, 0.1) is 0 Å². The van der Waals surface area contributed by atoms with Crippen LogP contribution in [0, 0.1) is 0 Å². The molecule has 0 bridgehead atoms. The van der Waals surface area contributed by atoms with Gasteiger partial charge in [-0.25, -0.2) is 0 Å². The molecular formula is C16H17BrClNS2. The van der Waals surface area contributed by atoms with E-state index in [0.717, 1.165) is 20.6 Å². The molecule has 1 saturated carbocycles. The smallest absolute Gasteiger partial charge is 0.107 e. The van der Waals surface area contributed by atoms with Gasteiger partial charge in [-0.05, 0) is 47.0 Å². The largest absolute Gasteiger partial charge is 0.379 e. The van der Waals surface area contributed by atoms with E-state index in [-0.39, 0.29) is 0 Å². The fourth-order valence-electron chi connectivity index (χ4n) is 2.56. The van der Waals surface area contributed by atoms with Crippen molar-refractivity contribution in [1.29, 1.82) is 0 Å². The van der Waals surface area contributed by atoms with E-state index in [1.54, 1.807) is 11.3 Å². The van der Waals surface area contributed by atoms with Crippen molar-refractivity contribution in [2.75, 3.05) is 5.32 Å². The number of nitrogens with one attached hydrogen (secondary N) is 1. The summed E-state index contributed by atoms with van der Waals surface area (Å²) in [5, 5.41) is 4.34. The Kier molecular flexibility index (Phi) is 5.54. The normalized spacial score (nSPS) is 15.5. The van der Waals surface area contributed by atoms with Gasteiger partial charge < -0.3 is 5.32 Å². The number of thioether (sulfide) groups is 1. The van der Waals surface area contributed by atoms with Crippen LogP contribution in [0.25, 0.3) is 0 Å².